The number of fused-ring (bicyclic) bond motifs is 7. The fraction of sp³-hybridized carbons (Fsp3) is 0.661. The number of carbonyl (C=O) groups is 3. The summed E-state index contributed by atoms with van der Waals surface area (Å²) in [6.07, 6.45) is 8.22. The van der Waals surface area contributed by atoms with Gasteiger partial charge in [0, 0.05) is 98.5 Å². The molecule has 2 aliphatic carbocycles. The van der Waals surface area contributed by atoms with Gasteiger partial charge in [0.05, 0.1) is 79.6 Å². The van der Waals surface area contributed by atoms with Crippen LogP contribution in [-0.4, -0.2) is 168 Å². The SMILES string of the molecule is CO[C@@H](C)c1ncc(N2CCN(C3CC3)CC2)cc1-c1c2c3cc(ccc3n1CCOC1CCOCC1)-c1csc(n1)[C@@H](N1CC(F)(F)C1)[C@H](NC(=O)C13CC(C1)C(C)O3)C(=O)N1CCC[C@H](N1)C(=O)OCC(C)(C)C2. The third-order valence-corrected chi connectivity index (χ3v) is 18.4. The molecule has 3 aromatic heterocycles. The molecular formula is C56H73F2N9O8S. The van der Waals surface area contributed by atoms with Crippen molar-refractivity contribution in [3.05, 3.63) is 52.1 Å². The highest BCUT2D eigenvalue weighted by Gasteiger charge is 2.62. The van der Waals surface area contributed by atoms with Crippen molar-refractivity contribution in [2.24, 2.45) is 11.3 Å². The van der Waals surface area contributed by atoms with Gasteiger partial charge < -0.3 is 38.5 Å². The minimum Gasteiger partial charge on any atom is -0.464 e. The van der Waals surface area contributed by atoms with E-state index in [0.717, 1.165) is 83.7 Å². The topological polar surface area (TPSA) is 165 Å². The number of hydrogen-bond donors (Lipinski definition) is 2. The lowest BCUT2D eigenvalue weighted by Crippen LogP contribution is -2.67. The summed E-state index contributed by atoms with van der Waals surface area (Å²) in [4.78, 5) is 60.9. The third-order valence-electron chi connectivity index (χ3n) is 17.5. The van der Waals surface area contributed by atoms with E-state index < -0.39 is 65.9 Å². The van der Waals surface area contributed by atoms with Crippen molar-refractivity contribution in [3.63, 3.8) is 0 Å². The summed E-state index contributed by atoms with van der Waals surface area (Å²) in [5, 5.41) is 7.70. The number of carbonyl (C=O) groups excluding carboxylic acids is 3. The van der Waals surface area contributed by atoms with Crippen molar-refractivity contribution in [2.75, 3.05) is 84.3 Å². The average molecular weight is 1070 g/mol. The molecule has 2 N–H and O–H groups in total. The number of likely N-dealkylation sites (tertiary alicyclic amines) is 1. The molecule has 6 saturated heterocycles. The Morgan fingerprint density at radius 1 is 1.01 bits per heavy atom. The largest absolute Gasteiger partial charge is 0.464 e. The summed E-state index contributed by atoms with van der Waals surface area (Å²) in [6, 6.07) is 6.03. The Kier molecular flexibility index (Phi) is 14.1. The van der Waals surface area contributed by atoms with Crippen LogP contribution in [0.2, 0.25) is 0 Å². The molecule has 8 fully saturated rings. The van der Waals surface area contributed by atoms with E-state index in [-0.39, 0.29) is 37.4 Å². The van der Waals surface area contributed by atoms with Gasteiger partial charge in [0.15, 0.2) is 0 Å². The van der Waals surface area contributed by atoms with Crippen molar-refractivity contribution >= 4 is 45.7 Å². The van der Waals surface area contributed by atoms with Crippen LogP contribution in [0.3, 0.4) is 0 Å². The second kappa shape index (κ2) is 20.5. The Labute approximate surface area is 447 Å². The van der Waals surface area contributed by atoms with Crippen LogP contribution in [0.4, 0.5) is 14.5 Å². The number of esters is 1. The molecule has 5 atom stereocenters. The van der Waals surface area contributed by atoms with Gasteiger partial charge in [-0.3, -0.25) is 34.2 Å². The van der Waals surface area contributed by atoms with E-state index in [1.54, 1.807) is 7.11 Å². The number of benzene rings is 1. The first-order chi connectivity index (χ1) is 36.6. The predicted molar refractivity (Wildman–Crippen MR) is 282 cm³/mol. The van der Waals surface area contributed by atoms with Gasteiger partial charge in [-0.25, -0.2) is 19.2 Å². The van der Waals surface area contributed by atoms with Crippen molar-refractivity contribution in [3.8, 4) is 22.5 Å². The summed E-state index contributed by atoms with van der Waals surface area (Å²) in [7, 11) is 1.71. The Balaban J connectivity index is 1.00. The lowest BCUT2D eigenvalue weighted by molar-refractivity contribution is -0.167. The van der Waals surface area contributed by atoms with Crippen molar-refractivity contribution in [1.82, 2.24) is 40.1 Å². The van der Waals surface area contributed by atoms with Gasteiger partial charge in [0.2, 0.25) is 0 Å². The maximum absolute atomic E-state index is 15.1. The maximum atomic E-state index is 15.1. The summed E-state index contributed by atoms with van der Waals surface area (Å²) < 4.78 is 63.4. The van der Waals surface area contributed by atoms with Gasteiger partial charge in [-0.1, -0.05) is 19.9 Å². The van der Waals surface area contributed by atoms with Crippen LogP contribution in [-0.2, 0) is 51.0 Å². The minimum atomic E-state index is -3.00. The quantitative estimate of drug-likeness (QED) is 0.144. The number of aromatic nitrogens is 3. The molecular weight excluding hydrogens is 997 g/mol. The van der Waals surface area contributed by atoms with E-state index >= 15 is 13.6 Å². The number of pyridine rings is 1. The van der Waals surface area contributed by atoms with E-state index in [4.69, 9.17) is 33.7 Å². The van der Waals surface area contributed by atoms with Gasteiger partial charge in [-0.15, -0.1) is 11.3 Å². The second-order valence-electron chi connectivity index (χ2n) is 23.6. The van der Waals surface area contributed by atoms with E-state index in [9.17, 15) is 9.59 Å². The van der Waals surface area contributed by atoms with E-state index in [1.807, 2.05) is 31.5 Å². The number of nitrogens with one attached hydrogen (secondary N) is 2. The number of rotatable bonds is 12. The third kappa shape index (κ3) is 10.1. The summed E-state index contributed by atoms with van der Waals surface area (Å²) in [6.45, 7) is 13.4. The molecule has 1 unspecified atom stereocenters. The van der Waals surface area contributed by atoms with Gasteiger partial charge in [0.1, 0.15) is 22.7 Å². The molecule has 17 nitrogen and oxygen atoms in total. The Hall–Kier alpha value is -4.67. The number of cyclic esters (lactones) is 1. The highest BCUT2D eigenvalue weighted by atomic mass is 32.1. The van der Waals surface area contributed by atoms with Crippen LogP contribution in [0.15, 0.2) is 35.8 Å². The molecule has 10 heterocycles. The summed E-state index contributed by atoms with van der Waals surface area (Å²) in [5.41, 5.74) is 8.65. The van der Waals surface area contributed by atoms with Crippen molar-refractivity contribution in [2.45, 2.75) is 146 Å². The van der Waals surface area contributed by atoms with Crippen LogP contribution in [0, 0.1) is 11.3 Å². The van der Waals surface area contributed by atoms with Gasteiger partial charge in [-0.2, -0.15) is 0 Å². The number of thiazole rings is 1. The first-order valence-electron chi connectivity index (χ1n) is 27.7. The molecule has 9 aliphatic rings. The van der Waals surface area contributed by atoms with Crippen LogP contribution < -0.4 is 15.6 Å². The fourth-order valence-electron chi connectivity index (χ4n) is 12.9. The first kappa shape index (κ1) is 52.1. The fourth-order valence-corrected chi connectivity index (χ4v) is 13.9. The highest BCUT2D eigenvalue weighted by Crippen LogP contribution is 2.53. The number of ether oxygens (including phenoxy) is 5. The molecule has 0 spiro atoms. The van der Waals surface area contributed by atoms with Crippen molar-refractivity contribution < 1.29 is 46.8 Å². The number of piperazine rings is 1. The zero-order chi connectivity index (χ0) is 52.7. The van der Waals surface area contributed by atoms with E-state index in [2.05, 4.69) is 57.2 Å². The zero-order valence-electron chi connectivity index (χ0n) is 44.5. The number of nitrogens with zero attached hydrogens (tertiary/aromatic N) is 7. The molecule has 76 heavy (non-hydrogen) atoms. The second-order valence-corrected chi connectivity index (χ2v) is 24.5. The van der Waals surface area contributed by atoms with E-state index in [0.29, 0.717) is 75.2 Å². The van der Waals surface area contributed by atoms with Crippen LogP contribution >= 0.6 is 11.3 Å². The molecule has 8 bridgehead atoms. The highest BCUT2D eigenvalue weighted by molar-refractivity contribution is 7.10. The number of halogens is 2. The van der Waals surface area contributed by atoms with Gasteiger partial charge in [-0.05, 0) is 101 Å². The molecule has 1 aromatic carbocycles. The monoisotopic (exact) mass is 1070 g/mol. The summed E-state index contributed by atoms with van der Waals surface area (Å²) in [5.74, 6) is -4.28. The summed E-state index contributed by atoms with van der Waals surface area (Å²) >= 11 is 1.28. The van der Waals surface area contributed by atoms with Gasteiger partial charge >= 0.3 is 5.97 Å². The van der Waals surface area contributed by atoms with Crippen LogP contribution in [0.5, 0.6) is 0 Å². The van der Waals surface area contributed by atoms with Gasteiger partial charge in [0.25, 0.3) is 17.7 Å². The molecule has 2 saturated carbocycles. The van der Waals surface area contributed by atoms with E-state index in [1.165, 1.54) is 34.1 Å². The van der Waals surface area contributed by atoms with Crippen molar-refractivity contribution in [1.29, 1.82) is 0 Å². The molecule has 13 rings (SSSR count). The number of anilines is 1. The number of hydrazine groups is 1. The molecule has 20 heteroatoms. The Morgan fingerprint density at radius 2 is 1.79 bits per heavy atom. The van der Waals surface area contributed by atoms with Crippen LogP contribution in [0.1, 0.15) is 107 Å². The normalized spacial score (nSPS) is 29.6. The number of hydrogen-bond acceptors (Lipinski definition) is 15. The lowest BCUT2D eigenvalue weighted by Gasteiger charge is -2.47. The number of alkyl halides is 2. The Morgan fingerprint density at radius 3 is 2.50 bits per heavy atom. The predicted octanol–water partition coefficient (Wildman–Crippen LogP) is 6.68. The molecule has 410 valence electrons. The smallest absolute Gasteiger partial charge is 0.324 e. The molecule has 0 radical (unpaired) electrons. The first-order valence-corrected chi connectivity index (χ1v) is 28.6. The number of amides is 2. The molecule has 2 amide bonds. The molecule has 7 aliphatic heterocycles. The van der Waals surface area contributed by atoms with Crippen LogP contribution in [0.25, 0.3) is 33.4 Å². The Bertz CT molecular complexity index is 2830. The standard InChI is InChI=1S/C56H73F2N9O8S/c1-33-36-25-55(26-36,75-33)53(70)61-47-49(65-30-56(57,58)31-65)50-60-44(29-76-50)35-8-11-45-40(23-35)42(27-54(3,4)32-74-52(69)43-7-6-14-67(62-43)51(47)68)48(66(45)19-22-73-39-12-20-72-21-13-39)41-24-38(28-59-46(41)34(2)71-5)64-17-15-63(16-18-64)37-9-10-37/h8,11,23-24,28-29,33-34,36-37,39,43,47,49,62H,6-7,9-10,12-22,25-27,30-32H2,1-5H3,(H,61,70)/t33?,34-,36?,43-,47-,49-,55?/m0/s1. The maximum Gasteiger partial charge on any atom is 0.324 e. The number of methoxy groups -OCH3 is 1. The average Bonchev–Trinajstić information content (AvgIpc) is 3.82. The zero-order valence-corrected chi connectivity index (χ0v) is 45.3. The minimum absolute atomic E-state index is 0.0718. The lowest BCUT2D eigenvalue weighted by atomic mass is 9.72. The molecule has 4 aromatic rings.